The lowest BCUT2D eigenvalue weighted by atomic mass is 10.00. The van der Waals surface area contributed by atoms with Crippen LogP contribution in [0, 0.1) is 5.82 Å². The fourth-order valence-electron chi connectivity index (χ4n) is 2.13. The Morgan fingerprint density at radius 3 is 2.93 bits per heavy atom. The first-order valence-corrected chi connectivity index (χ1v) is 5.29. The van der Waals surface area contributed by atoms with E-state index < -0.39 is 0 Å². The van der Waals surface area contributed by atoms with Crippen molar-refractivity contribution in [1.82, 2.24) is 0 Å². The van der Waals surface area contributed by atoms with Gasteiger partial charge in [0.25, 0.3) is 0 Å². The van der Waals surface area contributed by atoms with Crippen LogP contribution in [-0.4, -0.2) is 0 Å². The molecule has 1 atom stereocenters. The van der Waals surface area contributed by atoms with Gasteiger partial charge >= 0.3 is 0 Å². The van der Waals surface area contributed by atoms with Crippen LogP contribution in [0.4, 0.5) is 4.39 Å². The molecule has 2 N–H and O–H groups in total. The average Bonchev–Trinajstić information content (AvgIpc) is 2.64. The molecule has 0 aromatic heterocycles. The van der Waals surface area contributed by atoms with Crippen LogP contribution in [0.2, 0.25) is 0 Å². The van der Waals surface area contributed by atoms with E-state index >= 15 is 0 Å². The van der Waals surface area contributed by atoms with Gasteiger partial charge in [0.2, 0.25) is 0 Å². The van der Waals surface area contributed by atoms with Gasteiger partial charge in [-0.25, -0.2) is 4.39 Å². The van der Waals surface area contributed by atoms with Crippen molar-refractivity contribution in [2.24, 2.45) is 5.73 Å². The Balaban J connectivity index is 2.41. The molecule has 1 nitrogen and oxygen atoms in total. The SMILES string of the molecule is CC[C@H](N)c1cc(F)c2c(c1)CCC2. The molecule has 2 rings (SSSR count). The van der Waals surface area contributed by atoms with Gasteiger partial charge in [0.1, 0.15) is 5.82 Å². The second-order valence-corrected chi connectivity index (χ2v) is 4.01. The average molecular weight is 193 g/mol. The third-order valence-corrected chi connectivity index (χ3v) is 3.05. The molecular formula is C12H16FN. The van der Waals surface area contributed by atoms with Crippen LogP contribution < -0.4 is 5.73 Å². The Morgan fingerprint density at radius 2 is 2.21 bits per heavy atom. The maximum atomic E-state index is 13.6. The minimum atomic E-state index is -0.0566. The molecule has 2 heteroatoms. The Labute approximate surface area is 84.1 Å². The van der Waals surface area contributed by atoms with Crippen LogP contribution in [0.1, 0.15) is 42.5 Å². The van der Waals surface area contributed by atoms with Crippen LogP contribution in [0.25, 0.3) is 0 Å². The summed E-state index contributed by atoms with van der Waals surface area (Å²) in [7, 11) is 0. The van der Waals surface area contributed by atoms with E-state index in [0.717, 1.165) is 36.8 Å². The Morgan fingerprint density at radius 1 is 1.43 bits per heavy atom. The van der Waals surface area contributed by atoms with Crippen LogP contribution >= 0.6 is 0 Å². The lowest BCUT2D eigenvalue weighted by molar-refractivity contribution is 0.603. The fourth-order valence-corrected chi connectivity index (χ4v) is 2.13. The molecule has 0 amide bonds. The van der Waals surface area contributed by atoms with Crippen LogP contribution in [-0.2, 0) is 12.8 Å². The molecule has 0 fully saturated rings. The van der Waals surface area contributed by atoms with E-state index in [-0.39, 0.29) is 11.9 Å². The molecule has 0 radical (unpaired) electrons. The molecule has 1 aromatic rings. The zero-order valence-corrected chi connectivity index (χ0v) is 8.52. The monoisotopic (exact) mass is 193 g/mol. The summed E-state index contributed by atoms with van der Waals surface area (Å²) >= 11 is 0. The fraction of sp³-hybridized carbons (Fsp3) is 0.500. The van der Waals surface area contributed by atoms with Crippen molar-refractivity contribution in [3.63, 3.8) is 0 Å². The molecule has 0 aliphatic heterocycles. The van der Waals surface area contributed by atoms with Crippen LogP contribution in [0.5, 0.6) is 0 Å². The lowest BCUT2D eigenvalue weighted by Gasteiger charge is -2.11. The van der Waals surface area contributed by atoms with Crippen molar-refractivity contribution < 1.29 is 4.39 Å². The number of aryl methyl sites for hydroxylation is 1. The summed E-state index contributed by atoms with van der Waals surface area (Å²) < 4.78 is 13.6. The van der Waals surface area contributed by atoms with Crippen molar-refractivity contribution in [1.29, 1.82) is 0 Å². The molecule has 1 aromatic carbocycles. The summed E-state index contributed by atoms with van der Waals surface area (Å²) in [6.07, 6.45) is 3.84. The van der Waals surface area contributed by atoms with Gasteiger partial charge in [0.15, 0.2) is 0 Å². The number of rotatable bonds is 2. The number of halogens is 1. The number of hydrogen-bond donors (Lipinski definition) is 1. The summed E-state index contributed by atoms with van der Waals surface area (Å²) in [5.74, 6) is -0.0566. The van der Waals surface area contributed by atoms with Gasteiger partial charge in [0, 0.05) is 6.04 Å². The van der Waals surface area contributed by atoms with E-state index in [1.54, 1.807) is 6.07 Å². The predicted molar refractivity (Wildman–Crippen MR) is 55.6 cm³/mol. The van der Waals surface area contributed by atoms with Crippen molar-refractivity contribution in [3.8, 4) is 0 Å². The molecule has 0 bridgehead atoms. The highest BCUT2D eigenvalue weighted by molar-refractivity contribution is 5.37. The van der Waals surface area contributed by atoms with Crippen molar-refractivity contribution in [2.75, 3.05) is 0 Å². The second kappa shape index (κ2) is 3.70. The Kier molecular flexibility index (Phi) is 2.55. The summed E-state index contributed by atoms with van der Waals surface area (Å²) in [5, 5.41) is 0. The van der Waals surface area contributed by atoms with Gasteiger partial charge in [-0.2, -0.15) is 0 Å². The first-order chi connectivity index (χ1) is 6.72. The standard InChI is InChI=1S/C12H16FN/c1-2-12(14)9-6-8-4-3-5-10(8)11(13)7-9/h6-7,12H,2-5,14H2,1H3/t12-/m0/s1. The van der Waals surface area contributed by atoms with Gasteiger partial charge < -0.3 is 5.73 Å². The van der Waals surface area contributed by atoms with Gasteiger partial charge in [0.05, 0.1) is 0 Å². The zero-order chi connectivity index (χ0) is 10.1. The number of nitrogens with two attached hydrogens (primary N) is 1. The molecule has 1 aliphatic rings. The van der Waals surface area contributed by atoms with Crippen molar-refractivity contribution in [3.05, 3.63) is 34.6 Å². The van der Waals surface area contributed by atoms with Gasteiger partial charge in [-0.1, -0.05) is 13.0 Å². The normalized spacial score (nSPS) is 16.8. The molecular weight excluding hydrogens is 177 g/mol. The molecule has 14 heavy (non-hydrogen) atoms. The summed E-state index contributed by atoms with van der Waals surface area (Å²) in [6, 6.07) is 3.67. The maximum Gasteiger partial charge on any atom is 0.127 e. The molecule has 0 saturated heterocycles. The summed E-state index contributed by atoms with van der Waals surface area (Å²) in [6.45, 7) is 2.02. The lowest BCUT2D eigenvalue weighted by Crippen LogP contribution is -2.09. The topological polar surface area (TPSA) is 26.0 Å². The van der Waals surface area contributed by atoms with E-state index in [4.69, 9.17) is 5.73 Å². The maximum absolute atomic E-state index is 13.6. The smallest absolute Gasteiger partial charge is 0.127 e. The van der Waals surface area contributed by atoms with E-state index in [0.29, 0.717) is 0 Å². The zero-order valence-electron chi connectivity index (χ0n) is 8.52. The van der Waals surface area contributed by atoms with E-state index in [1.165, 1.54) is 5.56 Å². The van der Waals surface area contributed by atoms with Crippen LogP contribution in [0.3, 0.4) is 0 Å². The number of hydrogen-bond acceptors (Lipinski definition) is 1. The molecule has 1 aliphatic carbocycles. The van der Waals surface area contributed by atoms with E-state index in [9.17, 15) is 4.39 Å². The van der Waals surface area contributed by atoms with E-state index in [1.807, 2.05) is 6.92 Å². The van der Waals surface area contributed by atoms with Crippen LogP contribution in [0.15, 0.2) is 12.1 Å². The third-order valence-electron chi connectivity index (χ3n) is 3.05. The molecule has 0 heterocycles. The summed E-state index contributed by atoms with van der Waals surface area (Å²) in [4.78, 5) is 0. The quantitative estimate of drug-likeness (QED) is 0.767. The molecule has 0 unspecified atom stereocenters. The minimum Gasteiger partial charge on any atom is -0.324 e. The molecule has 76 valence electrons. The first-order valence-electron chi connectivity index (χ1n) is 5.29. The number of fused-ring (bicyclic) bond motifs is 1. The highest BCUT2D eigenvalue weighted by Crippen LogP contribution is 2.28. The third kappa shape index (κ3) is 1.55. The molecule has 0 saturated carbocycles. The minimum absolute atomic E-state index is 0.0181. The van der Waals surface area contributed by atoms with Gasteiger partial charge in [-0.05, 0) is 48.4 Å². The highest BCUT2D eigenvalue weighted by Gasteiger charge is 2.17. The Bertz CT molecular complexity index is 346. The van der Waals surface area contributed by atoms with Gasteiger partial charge in [-0.15, -0.1) is 0 Å². The predicted octanol–water partition coefficient (Wildman–Crippen LogP) is 2.72. The molecule has 0 spiro atoms. The van der Waals surface area contributed by atoms with E-state index in [2.05, 4.69) is 6.07 Å². The first kappa shape index (κ1) is 9.66. The number of benzene rings is 1. The summed E-state index contributed by atoms with van der Waals surface area (Å²) in [5.41, 5.74) is 8.92. The van der Waals surface area contributed by atoms with Gasteiger partial charge in [-0.3, -0.25) is 0 Å². The highest BCUT2D eigenvalue weighted by atomic mass is 19.1. The second-order valence-electron chi connectivity index (χ2n) is 4.01. The largest absolute Gasteiger partial charge is 0.324 e. The Hall–Kier alpha value is -0.890. The van der Waals surface area contributed by atoms with Crippen molar-refractivity contribution in [2.45, 2.75) is 38.6 Å². The van der Waals surface area contributed by atoms with Crippen molar-refractivity contribution >= 4 is 0 Å².